The third kappa shape index (κ3) is 13.1. The molecule has 9 nitrogen and oxygen atoms in total. The van der Waals surface area contributed by atoms with Crippen LogP contribution in [0.3, 0.4) is 0 Å². The zero-order valence-electron chi connectivity index (χ0n) is 30.0. The van der Waals surface area contributed by atoms with Crippen LogP contribution < -0.4 is 10.6 Å². The van der Waals surface area contributed by atoms with E-state index in [1.54, 1.807) is 0 Å². The maximum atomic E-state index is 13.8. The first-order valence-electron chi connectivity index (χ1n) is 18.0. The first-order chi connectivity index (χ1) is 25.2. The van der Waals surface area contributed by atoms with Crippen molar-refractivity contribution in [2.24, 2.45) is 11.8 Å². The summed E-state index contributed by atoms with van der Waals surface area (Å²) in [7, 11) is 0. The normalized spacial score (nSPS) is 13.8. The van der Waals surface area contributed by atoms with Gasteiger partial charge in [0.25, 0.3) is 0 Å². The smallest absolute Gasteiger partial charge is 0.306 e. The van der Waals surface area contributed by atoms with Gasteiger partial charge >= 0.3 is 11.9 Å². The largest absolute Gasteiger partial charge is 0.461 e. The number of esters is 2. The molecule has 4 aromatic carbocycles. The van der Waals surface area contributed by atoms with Gasteiger partial charge in [-0.25, -0.2) is 0 Å². The van der Waals surface area contributed by atoms with Crippen LogP contribution in [0.15, 0.2) is 121 Å². The molecule has 0 heterocycles. The SMILES string of the molecule is CCC(CC(=O)OCc1ccccc1)C(=O)NC(Cc1ccccc1)C(O)C(Cc1ccccc1)NC(=O)C(CC)CC(=O)OCc1ccccc1. The highest BCUT2D eigenvalue weighted by molar-refractivity contribution is 5.85. The molecule has 274 valence electrons. The Balaban J connectivity index is 1.49. The van der Waals surface area contributed by atoms with Crippen LogP contribution in [0.1, 0.15) is 61.8 Å². The number of amides is 2. The van der Waals surface area contributed by atoms with Crippen LogP contribution in [-0.2, 0) is 54.7 Å². The van der Waals surface area contributed by atoms with E-state index < -0.39 is 53.8 Å². The van der Waals surface area contributed by atoms with Gasteiger partial charge in [0.2, 0.25) is 11.8 Å². The van der Waals surface area contributed by atoms with Gasteiger partial charge in [-0.05, 0) is 47.9 Å². The van der Waals surface area contributed by atoms with E-state index in [2.05, 4.69) is 10.6 Å². The third-order valence-electron chi connectivity index (χ3n) is 9.12. The molecule has 2 amide bonds. The lowest BCUT2D eigenvalue weighted by atomic mass is 9.90. The summed E-state index contributed by atoms with van der Waals surface area (Å²) in [6, 6.07) is 35.9. The van der Waals surface area contributed by atoms with E-state index in [4.69, 9.17) is 9.47 Å². The topological polar surface area (TPSA) is 131 Å². The average molecular weight is 707 g/mol. The van der Waals surface area contributed by atoms with Crippen LogP contribution in [-0.4, -0.2) is 47.0 Å². The molecule has 52 heavy (non-hydrogen) atoms. The second-order valence-electron chi connectivity index (χ2n) is 13.0. The molecule has 3 N–H and O–H groups in total. The standard InChI is InChI=1S/C43H50N2O7/c1-3-35(27-39(46)51-29-33-21-13-7-14-22-33)42(49)44-37(25-31-17-9-5-10-18-31)41(48)38(26-32-19-11-6-12-20-32)45-43(50)36(4-2)28-40(47)52-30-34-23-15-8-16-24-34/h5-24,35-38,41,48H,3-4,25-30H2,1-2H3,(H,44,49)(H,45,50). The first kappa shape index (κ1) is 39.5. The van der Waals surface area contributed by atoms with E-state index in [-0.39, 0.29) is 38.9 Å². The van der Waals surface area contributed by atoms with E-state index in [1.807, 2.05) is 135 Å². The predicted octanol–water partition coefficient (Wildman–Crippen LogP) is 6.12. The Morgan fingerprint density at radius 2 is 0.827 bits per heavy atom. The summed E-state index contributed by atoms with van der Waals surface area (Å²) in [6.45, 7) is 3.87. The number of hydrogen-bond acceptors (Lipinski definition) is 7. The second-order valence-corrected chi connectivity index (χ2v) is 13.0. The summed E-state index contributed by atoms with van der Waals surface area (Å²) < 4.78 is 10.9. The summed E-state index contributed by atoms with van der Waals surface area (Å²) in [5.74, 6) is -3.15. The highest BCUT2D eigenvalue weighted by Gasteiger charge is 2.34. The molecule has 0 saturated carbocycles. The van der Waals surface area contributed by atoms with Crippen molar-refractivity contribution in [1.82, 2.24) is 10.6 Å². The fraction of sp³-hybridized carbons (Fsp3) is 0.349. The molecule has 4 unspecified atom stereocenters. The van der Waals surface area contributed by atoms with Crippen molar-refractivity contribution in [2.75, 3.05) is 0 Å². The molecule has 4 rings (SSSR count). The lowest BCUT2D eigenvalue weighted by Crippen LogP contribution is -2.57. The van der Waals surface area contributed by atoms with Crippen LogP contribution in [0.25, 0.3) is 0 Å². The number of carbonyl (C=O) groups is 4. The maximum absolute atomic E-state index is 13.8. The van der Waals surface area contributed by atoms with E-state index in [0.29, 0.717) is 12.8 Å². The molecule has 0 bridgehead atoms. The third-order valence-corrected chi connectivity index (χ3v) is 9.12. The van der Waals surface area contributed by atoms with E-state index in [9.17, 15) is 24.3 Å². The van der Waals surface area contributed by atoms with E-state index in [0.717, 1.165) is 22.3 Å². The minimum absolute atomic E-state index is 0.109. The Labute approximate surface area is 306 Å². The van der Waals surface area contributed by atoms with Crippen molar-refractivity contribution < 1.29 is 33.8 Å². The first-order valence-corrected chi connectivity index (χ1v) is 18.0. The molecule has 0 aliphatic rings. The summed E-state index contributed by atoms with van der Waals surface area (Å²) in [4.78, 5) is 53.1. The zero-order valence-corrected chi connectivity index (χ0v) is 30.0. The number of rotatable bonds is 20. The summed E-state index contributed by atoms with van der Waals surface area (Å²) in [5, 5.41) is 18.1. The molecule has 0 aromatic heterocycles. The Hall–Kier alpha value is -5.28. The van der Waals surface area contributed by atoms with Crippen molar-refractivity contribution in [1.29, 1.82) is 0 Å². The minimum atomic E-state index is -1.24. The van der Waals surface area contributed by atoms with Crippen LogP contribution in [0.2, 0.25) is 0 Å². The number of benzene rings is 4. The number of aliphatic hydroxyl groups is 1. The molecule has 0 saturated heterocycles. The van der Waals surface area contributed by atoms with Crippen LogP contribution >= 0.6 is 0 Å². The lowest BCUT2D eigenvalue weighted by molar-refractivity contribution is -0.148. The Morgan fingerprint density at radius 3 is 1.13 bits per heavy atom. The zero-order chi connectivity index (χ0) is 37.1. The summed E-state index contributed by atoms with van der Waals surface area (Å²) >= 11 is 0. The number of ether oxygens (including phenoxy) is 2. The van der Waals surface area contributed by atoms with Crippen molar-refractivity contribution in [2.45, 2.75) is 83.8 Å². The van der Waals surface area contributed by atoms with Gasteiger partial charge in [-0.3, -0.25) is 19.2 Å². The van der Waals surface area contributed by atoms with E-state index >= 15 is 0 Å². The Bertz CT molecular complexity index is 1540. The monoisotopic (exact) mass is 706 g/mol. The number of carbonyl (C=O) groups excluding carboxylic acids is 4. The Morgan fingerprint density at radius 1 is 0.519 bits per heavy atom. The Kier molecular flexibility index (Phi) is 16.1. The van der Waals surface area contributed by atoms with Gasteiger partial charge in [0, 0.05) is 11.8 Å². The average Bonchev–Trinajstić information content (AvgIpc) is 3.18. The highest BCUT2D eigenvalue weighted by Crippen LogP contribution is 2.19. The van der Waals surface area contributed by atoms with Crippen molar-refractivity contribution in [3.8, 4) is 0 Å². The van der Waals surface area contributed by atoms with Crippen molar-refractivity contribution >= 4 is 23.8 Å². The second kappa shape index (κ2) is 21.2. The number of aliphatic hydroxyl groups excluding tert-OH is 1. The highest BCUT2D eigenvalue weighted by atomic mass is 16.5. The molecule has 4 atom stereocenters. The van der Waals surface area contributed by atoms with Crippen LogP contribution in [0, 0.1) is 11.8 Å². The van der Waals surface area contributed by atoms with Gasteiger partial charge in [-0.1, -0.05) is 135 Å². The molecule has 0 fully saturated rings. The van der Waals surface area contributed by atoms with Gasteiger partial charge in [0.05, 0.1) is 31.0 Å². The van der Waals surface area contributed by atoms with Crippen LogP contribution in [0.5, 0.6) is 0 Å². The predicted molar refractivity (Wildman–Crippen MR) is 199 cm³/mol. The number of nitrogens with one attached hydrogen (secondary N) is 2. The van der Waals surface area contributed by atoms with Crippen molar-refractivity contribution in [3.63, 3.8) is 0 Å². The molecular weight excluding hydrogens is 656 g/mol. The fourth-order valence-corrected chi connectivity index (χ4v) is 5.97. The molecule has 9 heteroatoms. The number of hydrogen-bond donors (Lipinski definition) is 3. The van der Waals surface area contributed by atoms with Crippen molar-refractivity contribution in [3.05, 3.63) is 144 Å². The van der Waals surface area contributed by atoms with Crippen LogP contribution in [0.4, 0.5) is 0 Å². The van der Waals surface area contributed by atoms with Gasteiger partial charge in [0.15, 0.2) is 0 Å². The van der Waals surface area contributed by atoms with Gasteiger partial charge < -0.3 is 25.2 Å². The quantitative estimate of drug-likeness (QED) is 0.0945. The molecule has 0 aliphatic heterocycles. The lowest BCUT2D eigenvalue weighted by Gasteiger charge is -2.33. The molecule has 0 aliphatic carbocycles. The van der Waals surface area contributed by atoms with Gasteiger partial charge in [-0.15, -0.1) is 0 Å². The molecule has 4 aromatic rings. The molecular formula is C43H50N2O7. The summed E-state index contributed by atoms with van der Waals surface area (Å²) in [5.41, 5.74) is 3.44. The molecule has 0 radical (unpaired) electrons. The minimum Gasteiger partial charge on any atom is -0.461 e. The maximum Gasteiger partial charge on any atom is 0.306 e. The summed E-state index contributed by atoms with van der Waals surface area (Å²) in [6.07, 6.45) is -0.178. The fourth-order valence-electron chi connectivity index (χ4n) is 5.97. The molecule has 0 spiro atoms. The van der Waals surface area contributed by atoms with Gasteiger partial charge in [0.1, 0.15) is 13.2 Å². The van der Waals surface area contributed by atoms with E-state index in [1.165, 1.54) is 0 Å². The van der Waals surface area contributed by atoms with Gasteiger partial charge in [-0.2, -0.15) is 0 Å².